The molecule has 0 aromatic heterocycles. The molecule has 0 saturated heterocycles. The standard InChI is InChI=1S/C10H16N6/c11-2-1-10(9-15-6-3-12)16(7-4-13)8-5-14/h10,15H,1,3,6-9,12H2. The molecule has 0 aliphatic rings. The Balaban J connectivity index is 4.28. The van der Waals surface area contributed by atoms with E-state index < -0.39 is 0 Å². The van der Waals surface area contributed by atoms with Crippen molar-refractivity contribution in [3.8, 4) is 18.2 Å². The summed E-state index contributed by atoms with van der Waals surface area (Å²) in [7, 11) is 0. The minimum Gasteiger partial charge on any atom is -0.329 e. The van der Waals surface area contributed by atoms with Crippen molar-refractivity contribution in [2.24, 2.45) is 5.73 Å². The molecule has 0 heterocycles. The maximum Gasteiger partial charge on any atom is 0.0877 e. The van der Waals surface area contributed by atoms with E-state index in [0.717, 1.165) is 0 Å². The van der Waals surface area contributed by atoms with Gasteiger partial charge in [0.1, 0.15) is 0 Å². The monoisotopic (exact) mass is 220 g/mol. The molecular formula is C10H16N6. The smallest absolute Gasteiger partial charge is 0.0877 e. The molecule has 16 heavy (non-hydrogen) atoms. The van der Waals surface area contributed by atoms with Crippen LogP contribution in [0.3, 0.4) is 0 Å². The molecule has 0 saturated carbocycles. The molecule has 1 unspecified atom stereocenters. The Kier molecular flexibility index (Phi) is 8.87. The van der Waals surface area contributed by atoms with E-state index in [1.165, 1.54) is 0 Å². The lowest BCUT2D eigenvalue weighted by Gasteiger charge is -2.25. The van der Waals surface area contributed by atoms with Gasteiger partial charge in [-0.05, 0) is 0 Å². The first-order valence-electron chi connectivity index (χ1n) is 5.05. The third-order valence-corrected chi connectivity index (χ3v) is 2.09. The van der Waals surface area contributed by atoms with Crippen LogP contribution < -0.4 is 11.1 Å². The Hall–Kier alpha value is -1.65. The summed E-state index contributed by atoms with van der Waals surface area (Å²) < 4.78 is 0. The molecule has 3 N–H and O–H groups in total. The lowest BCUT2D eigenvalue weighted by atomic mass is 10.2. The van der Waals surface area contributed by atoms with Gasteiger partial charge in [0.2, 0.25) is 0 Å². The molecule has 0 fully saturated rings. The van der Waals surface area contributed by atoms with Crippen LogP contribution in [-0.4, -0.2) is 43.7 Å². The lowest BCUT2D eigenvalue weighted by molar-refractivity contribution is 0.241. The predicted molar refractivity (Wildman–Crippen MR) is 58.7 cm³/mol. The zero-order valence-corrected chi connectivity index (χ0v) is 9.19. The Labute approximate surface area is 95.9 Å². The van der Waals surface area contributed by atoms with Gasteiger partial charge in [-0.25, -0.2) is 0 Å². The molecule has 0 amide bonds. The molecule has 0 aromatic carbocycles. The van der Waals surface area contributed by atoms with E-state index in [4.69, 9.17) is 21.5 Å². The second kappa shape index (κ2) is 9.89. The van der Waals surface area contributed by atoms with Crippen LogP contribution in [0.2, 0.25) is 0 Å². The van der Waals surface area contributed by atoms with Crippen molar-refractivity contribution in [2.45, 2.75) is 12.5 Å². The summed E-state index contributed by atoms with van der Waals surface area (Å²) in [6.45, 7) is 2.06. The van der Waals surface area contributed by atoms with E-state index in [2.05, 4.69) is 11.4 Å². The van der Waals surface area contributed by atoms with E-state index in [-0.39, 0.29) is 19.1 Å². The average Bonchev–Trinajstić information content (AvgIpc) is 2.28. The fourth-order valence-corrected chi connectivity index (χ4v) is 1.30. The topological polar surface area (TPSA) is 113 Å². The van der Waals surface area contributed by atoms with Gasteiger partial charge in [0, 0.05) is 25.7 Å². The van der Waals surface area contributed by atoms with Gasteiger partial charge in [-0.15, -0.1) is 0 Å². The number of rotatable bonds is 8. The van der Waals surface area contributed by atoms with Crippen molar-refractivity contribution in [1.29, 1.82) is 15.8 Å². The SMILES string of the molecule is N#CCC(CNCCN)N(CC#N)CC#N. The minimum absolute atomic E-state index is 0.115. The van der Waals surface area contributed by atoms with Crippen LogP contribution >= 0.6 is 0 Å². The number of nitrogens with one attached hydrogen (secondary N) is 1. The molecule has 0 radical (unpaired) electrons. The maximum atomic E-state index is 8.68. The molecule has 1 atom stereocenters. The largest absolute Gasteiger partial charge is 0.329 e. The van der Waals surface area contributed by atoms with Crippen LogP contribution in [0.25, 0.3) is 0 Å². The Bertz CT molecular complexity index is 278. The summed E-state index contributed by atoms with van der Waals surface area (Å²) in [6, 6.07) is 5.93. The average molecular weight is 220 g/mol. The van der Waals surface area contributed by atoms with Crippen LogP contribution in [-0.2, 0) is 0 Å². The maximum absolute atomic E-state index is 8.68. The van der Waals surface area contributed by atoms with E-state index in [1.54, 1.807) is 4.90 Å². The van der Waals surface area contributed by atoms with Gasteiger partial charge in [-0.3, -0.25) is 4.90 Å². The highest BCUT2D eigenvalue weighted by Gasteiger charge is 2.17. The summed E-state index contributed by atoms with van der Waals surface area (Å²) in [4.78, 5) is 1.69. The fraction of sp³-hybridized carbons (Fsp3) is 0.700. The van der Waals surface area contributed by atoms with E-state index in [9.17, 15) is 0 Å². The summed E-state index contributed by atoms with van der Waals surface area (Å²) in [6.07, 6.45) is 0.293. The van der Waals surface area contributed by atoms with Gasteiger partial charge in [0.05, 0.1) is 37.7 Å². The molecule has 0 rings (SSSR count). The van der Waals surface area contributed by atoms with Crippen LogP contribution in [0, 0.1) is 34.0 Å². The fourth-order valence-electron chi connectivity index (χ4n) is 1.30. The molecule has 6 nitrogen and oxygen atoms in total. The van der Waals surface area contributed by atoms with E-state index >= 15 is 0 Å². The van der Waals surface area contributed by atoms with E-state index in [0.29, 0.717) is 26.1 Å². The number of hydrogen-bond acceptors (Lipinski definition) is 6. The highest BCUT2D eigenvalue weighted by molar-refractivity contribution is 4.92. The van der Waals surface area contributed by atoms with Crippen molar-refractivity contribution < 1.29 is 0 Å². The number of hydrogen-bond donors (Lipinski definition) is 2. The zero-order chi connectivity index (χ0) is 12.2. The molecule has 0 aromatic rings. The molecule has 0 aliphatic carbocycles. The van der Waals surface area contributed by atoms with Gasteiger partial charge < -0.3 is 11.1 Å². The molecule has 0 aliphatic heterocycles. The second-order valence-electron chi connectivity index (χ2n) is 3.23. The first kappa shape index (κ1) is 14.3. The lowest BCUT2D eigenvalue weighted by Crippen LogP contribution is -2.43. The van der Waals surface area contributed by atoms with Gasteiger partial charge in [0.15, 0.2) is 0 Å². The molecular weight excluding hydrogens is 204 g/mol. The third kappa shape index (κ3) is 5.95. The first-order chi connectivity index (χ1) is 7.79. The minimum atomic E-state index is -0.115. The van der Waals surface area contributed by atoms with Crippen molar-refractivity contribution in [2.75, 3.05) is 32.7 Å². The van der Waals surface area contributed by atoms with Gasteiger partial charge in [-0.2, -0.15) is 15.8 Å². The molecule has 0 spiro atoms. The van der Waals surface area contributed by atoms with Crippen LogP contribution in [0.4, 0.5) is 0 Å². The number of nitrogens with zero attached hydrogens (tertiary/aromatic N) is 4. The van der Waals surface area contributed by atoms with Gasteiger partial charge >= 0.3 is 0 Å². The van der Waals surface area contributed by atoms with Crippen molar-refractivity contribution >= 4 is 0 Å². The summed E-state index contributed by atoms with van der Waals surface area (Å²) in [5, 5.41) is 29.0. The van der Waals surface area contributed by atoms with Crippen molar-refractivity contribution in [3.63, 3.8) is 0 Å². The Morgan fingerprint density at radius 2 is 1.75 bits per heavy atom. The summed E-state index contributed by atoms with van der Waals surface area (Å²) in [5.74, 6) is 0. The predicted octanol–water partition coefficient (Wildman–Crippen LogP) is -0.834. The normalized spacial score (nSPS) is 11.4. The number of nitrogens with two attached hydrogens (primary N) is 1. The third-order valence-electron chi connectivity index (χ3n) is 2.09. The Morgan fingerprint density at radius 3 is 2.19 bits per heavy atom. The summed E-state index contributed by atoms with van der Waals surface area (Å²) >= 11 is 0. The van der Waals surface area contributed by atoms with Crippen molar-refractivity contribution in [3.05, 3.63) is 0 Å². The van der Waals surface area contributed by atoms with Gasteiger partial charge in [-0.1, -0.05) is 0 Å². The molecule has 6 heteroatoms. The molecule has 0 bridgehead atoms. The van der Waals surface area contributed by atoms with Crippen LogP contribution in [0.15, 0.2) is 0 Å². The highest BCUT2D eigenvalue weighted by Crippen LogP contribution is 2.02. The quantitative estimate of drug-likeness (QED) is 0.407. The van der Waals surface area contributed by atoms with E-state index in [1.807, 2.05) is 12.1 Å². The van der Waals surface area contributed by atoms with Gasteiger partial charge in [0.25, 0.3) is 0 Å². The Morgan fingerprint density at radius 1 is 1.12 bits per heavy atom. The first-order valence-corrected chi connectivity index (χ1v) is 5.05. The molecule has 86 valence electrons. The van der Waals surface area contributed by atoms with Crippen LogP contribution in [0.5, 0.6) is 0 Å². The number of nitriles is 3. The zero-order valence-electron chi connectivity index (χ0n) is 9.19. The van der Waals surface area contributed by atoms with Crippen molar-refractivity contribution in [1.82, 2.24) is 10.2 Å². The summed E-state index contributed by atoms with van der Waals surface area (Å²) in [5.41, 5.74) is 5.34. The second-order valence-corrected chi connectivity index (χ2v) is 3.23. The highest BCUT2D eigenvalue weighted by atomic mass is 15.2. The van der Waals surface area contributed by atoms with Crippen LogP contribution in [0.1, 0.15) is 6.42 Å².